The van der Waals surface area contributed by atoms with Crippen LogP contribution < -0.4 is 10.6 Å². The average molecular weight is 407 g/mol. The van der Waals surface area contributed by atoms with Crippen LogP contribution in [0.1, 0.15) is 21.5 Å². The van der Waals surface area contributed by atoms with Crippen LogP contribution in [-0.2, 0) is 11.3 Å². The van der Waals surface area contributed by atoms with Crippen molar-refractivity contribution in [3.8, 4) is 5.75 Å². The average Bonchev–Trinajstić information content (AvgIpc) is 2.73. The number of nitrogens with one attached hydrogen (secondary N) is 2. The number of anilines is 1. The van der Waals surface area contributed by atoms with E-state index in [0.717, 1.165) is 10.5 Å². The van der Waals surface area contributed by atoms with E-state index in [-0.39, 0.29) is 23.3 Å². The second-order valence-electron chi connectivity index (χ2n) is 6.54. The van der Waals surface area contributed by atoms with Gasteiger partial charge in [-0.3, -0.25) is 9.59 Å². The van der Waals surface area contributed by atoms with Crippen molar-refractivity contribution in [2.45, 2.75) is 18.4 Å². The Labute approximate surface area is 174 Å². The third-order valence-corrected chi connectivity index (χ3v) is 5.24. The highest BCUT2D eigenvalue weighted by atomic mass is 32.2. The third kappa shape index (κ3) is 6.12. The zero-order chi connectivity index (χ0) is 20.6. The van der Waals surface area contributed by atoms with Gasteiger partial charge in [0.05, 0.1) is 17.0 Å². The number of para-hydroxylation sites is 1. The summed E-state index contributed by atoms with van der Waals surface area (Å²) in [7, 11) is 0. The van der Waals surface area contributed by atoms with E-state index in [4.69, 9.17) is 0 Å². The molecule has 0 saturated heterocycles. The number of amides is 2. The first kappa shape index (κ1) is 20.5. The van der Waals surface area contributed by atoms with Crippen LogP contribution in [0.3, 0.4) is 0 Å². The lowest BCUT2D eigenvalue weighted by molar-refractivity contribution is -0.113. The Morgan fingerprint density at radius 2 is 1.62 bits per heavy atom. The van der Waals surface area contributed by atoms with E-state index in [2.05, 4.69) is 10.6 Å². The smallest absolute Gasteiger partial charge is 0.253 e. The number of benzene rings is 3. The molecule has 0 aliphatic rings. The number of carbonyl (C=O) groups is 2. The van der Waals surface area contributed by atoms with Crippen molar-refractivity contribution < 1.29 is 14.7 Å². The molecule has 0 saturated carbocycles. The molecule has 0 fully saturated rings. The Bertz CT molecular complexity index is 986. The van der Waals surface area contributed by atoms with Crippen molar-refractivity contribution in [3.05, 3.63) is 89.5 Å². The van der Waals surface area contributed by atoms with Crippen LogP contribution in [0.5, 0.6) is 5.75 Å². The fraction of sp³-hybridized carbons (Fsp3) is 0.130. The van der Waals surface area contributed by atoms with Crippen molar-refractivity contribution in [2.75, 3.05) is 11.1 Å². The second kappa shape index (κ2) is 9.80. The molecule has 0 aromatic heterocycles. The second-order valence-corrected chi connectivity index (χ2v) is 7.59. The van der Waals surface area contributed by atoms with Gasteiger partial charge in [0.25, 0.3) is 5.91 Å². The van der Waals surface area contributed by atoms with Gasteiger partial charge in [-0.05, 0) is 48.9 Å². The monoisotopic (exact) mass is 406 g/mol. The van der Waals surface area contributed by atoms with E-state index in [1.807, 2.05) is 31.2 Å². The Hall–Kier alpha value is -3.25. The number of hydrogen-bond acceptors (Lipinski definition) is 4. The van der Waals surface area contributed by atoms with Crippen LogP contribution >= 0.6 is 11.8 Å². The Kier molecular flexibility index (Phi) is 6.92. The van der Waals surface area contributed by atoms with Crippen molar-refractivity contribution in [3.63, 3.8) is 0 Å². The number of aromatic hydroxyl groups is 1. The summed E-state index contributed by atoms with van der Waals surface area (Å²) in [4.78, 5) is 25.8. The number of carbonyl (C=O) groups excluding carboxylic acids is 2. The molecule has 3 N–H and O–H groups in total. The Morgan fingerprint density at radius 3 is 2.34 bits per heavy atom. The molecule has 0 aliphatic carbocycles. The van der Waals surface area contributed by atoms with Gasteiger partial charge < -0.3 is 15.7 Å². The maximum atomic E-state index is 12.6. The van der Waals surface area contributed by atoms with Gasteiger partial charge in [-0.2, -0.15) is 0 Å². The first-order valence-electron chi connectivity index (χ1n) is 9.16. The molecule has 0 heterocycles. The van der Waals surface area contributed by atoms with Crippen LogP contribution in [0.15, 0.2) is 77.7 Å². The molecule has 3 rings (SSSR count). The lowest BCUT2D eigenvalue weighted by Gasteiger charge is -2.12. The lowest BCUT2D eigenvalue weighted by atomic mass is 10.1. The molecule has 2 amide bonds. The first-order chi connectivity index (χ1) is 14.0. The van der Waals surface area contributed by atoms with Crippen LogP contribution in [0.2, 0.25) is 0 Å². The molecule has 148 valence electrons. The number of phenols is 1. The molecule has 0 aliphatic heterocycles. The highest BCUT2D eigenvalue weighted by Gasteiger charge is 2.13. The van der Waals surface area contributed by atoms with E-state index in [1.165, 1.54) is 17.3 Å². The van der Waals surface area contributed by atoms with Gasteiger partial charge in [-0.25, -0.2) is 0 Å². The van der Waals surface area contributed by atoms with Gasteiger partial charge in [0.1, 0.15) is 5.75 Å². The van der Waals surface area contributed by atoms with E-state index >= 15 is 0 Å². The lowest BCUT2D eigenvalue weighted by Crippen LogP contribution is -2.25. The van der Waals surface area contributed by atoms with Gasteiger partial charge in [0.15, 0.2) is 0 Å². The Morgan fingerprint density at radius 1 is 0.931 bits per heavy atom. The number of thioether (sulfide) groups is 1. The summed E-state index contributed by atoms with van der Waals surface area (Å²) in [6.07, 6.45) is 0. The summed E-state index contributed by atoms with van der Waals surface area (Å²) in [6, 6.07) is 21.6. The number of hydrogen-bond donors (Lipinski definition) is 3. The third-order valence-electron chi connectivity index (χ3n) is 4.23. The van der Waals surface area contributed by atoms with Crippen molar-refractivity contribution in [1.29, 1.82) is 0 Å². The standard InChI is InChI=1S/C23H22N2O3S/c1-16-6-8-17(9-7-16)14-24-23(28)20-4-2-3-5-21(20)25-22(27)15-29-19-12-10-18(26)11-13-19/h2-13,26H,14-15H2,1H3,(H,24,28)(H,25,27). The largest absolute Gasteiger partial charge is 0.508 e. The summed E-state index contributed by atoms with van der Waals surface area (Å²) in [6.45, 7) is 2.43. The predicted octanol–water partition coefficient (Wildman–Crippen LogP) is 4.36. The molecule has 29 heavy (non-hydrogen) atoms. The summed E-state index contributed by atoms with van der Waals surface area (Å²) < 4.78 is 0. The quantitative estimate of drug-likeness (QED) is 0.510. The fourth-order valence-corrected chi connectivity index (χ4v) is 3.35. The predicted molar refractivity (Wildman–Crippen MR) is 116 cm³/mol. The maximum absolute atomic E-state index is 12.6. The van der Waals surface area contributed by atoms with Gasteiger partial charge >= 0.3 is 0 Å². The molecule has 0 bridgehead atoms. The fourth-order valence-electron chi connectivity index (χ4n) is 2.65. The van der Waals surface area contributed by atoms with Crippen molar-refractivity contribution >= 4 is 29.3 Å². The Balaban J connectivity index is 1.58. The summed E-state index contributed by atoms with van der Waals surface area (Å²) in [5, 5.41) is 15.0. The minimum atomic E-state index is -0.243. The highest BCUT2D eigenvalue weighted by Crippen LogP contribution is 2.21. The number of rotatable bonds is 7. The molecule has 3 aromatic carbocycles. The summed E-state index contributed by atoms with van der Waals surface area (Å²) >= 11 is 1.36. The topological polar surface area (TPSA) is 78.4 Å². The van der Waals surface area contributed by atoms with E-state index in [1.54, 1.807) is 48.5 Å². The maximum Gasteiger partial charge on any atom is 0.253 e. The number of aryl methyl sites for hydroxylation is 1. The van der Waals surface area contributed by atoms with E-state index in [0.29, 0.717) is 17.8 Å². The molecule has 5 nitrogen and oxygen atoms in total. The molecule has 0 unspecified atom stereocenters. The van der Waals surface area contributed by atoms with E-state index in [9.17, 15) is 14.7 Å². The highest BCUT2D eigenvalue weighted by molar-refractivity contribution is 8.00. The van der Waals surface area contributed by atoms with E-state index < -0.39 is 0 Å². The SMILES string of the molecule is Cc1ccc(CNC(=O)c2ccccc2NC(=O)CSc2ccc(O)cc2)cc1. The van der Waals surface area contributed by atoms with Gasteiger partial charge in [-0.15, -0.1) is 11.8 Å². The molecular weight excluding hydrogens is 384 g/mol. The van der Waals surface area contributed by atoms with Crippen molar-refractivity contribution in [2.24, 2.45) is 0 Å². The minimum absolute atomic E-state index is 0.185. The first-order valence-corrected chi connectivity index (χ1v) is 10.1. The van der Waals surface area contributed by atoms with Gasteiger partial charge in [0.2, 0.25) is 5.91 Å². The van der Waals surface area contributed by atoms with Gasteiger partial charge in [0, 0.05) is 11.4 Å². The normalized spacial score (nSPS) is 10.4. The molecule has 0 radical (unpaired) electrons. The summed E-state index contributed by atoms with van der Waals surface area (Å²) in [5.74, 6) is -0.0664. The molecule has 0 spiro atoms. The molecule has 6 heteroatoms. The zero-order valence-electron chi connectivity index (χ0n) is 16.0. The molecule has 3 aromatic rings. The van der Waals surface area contributed by atoms with Crippen LogP contribution in [0.4, 0.5) is 5.69 Å². The zero-order valence-corrected chi connectivity index (χ0v) is 16.8. The van der Waals surface area contributed by atoms with Crippen LogP contribution in [-0.4, -0.2) is 22.7 Å². The molecule has 0 atom stereocenters. The molecular formula is C23H22N2O3S. The van der Waals surface area contributed by atoms with Gasteiger partial charge in [-0.1, -0.05) is 42.0 Å². The number of phenolic OH excluding ortho intramolecular Hbond substituents is 1. The van der Waals surface area contributed by atoms with Crippen LogP contribution in [0, 0.1) is 6.92 Å². The minimum Gasteiger partial charge on any atom is -0.508 e. The van der Waals surface area contributed by atoms with Crippen LogP contribution in [0.25, 0.3) is 0 Å². The summed E-state index contributed by atoms with van der Waals surface area (Å²) in [5.41, 5.74) is 3.07. The van der Waals surface area contributed by atoms with Crippen molar-refractivity contribution in [1.82, 2.24) is 5.32 Å².